The summed E-state index contributed by atoms with van der Waals surface area (Å²) in [5.41, 5.74) is 13.0. The van der Waals surface area contributed by atoms with E-state index in [2.05, 4.69) is 50.9 Å². The molecule has 3 N–H and O–H groups in total. The first kappa shape index (κ1) is 23.1. The van der Waals surface area contributed by atoms with Crippen molar-refractivity contribution in [1.29, 1.82) is 0 Å². The second-order valence-corrected chi connectivity index (χ2v) is 10.5. The Morgan fingerprint density at radius 2 is 2.00 bits per heavy atom. The average Bonchev–Trinajstić information content (AvgIpc) is 2.58. The molecule has 0 heterocycles. The topological polar surface area (TPSA) is 50.4 Å². The molecule has 4 heteroatoms. The molecule has 0 amide bonds. The van der Waals surface area contributed by atoms with Crippen LogP contribution in [0.15, 0.2) is 28.9 Å². The summed E-state index contributed by atoms with van der Waals surface area (Å²) in [7, 11) is 0. The fraction of sp³-hybridized carbons (Fsp3) is 0.750. The van der Waals surface area contributed by atoms with Crippen molar-refractivity contribution in [3.8, 4) is 0 Å². The third-order valence-corrected chi connectivity index (χ3v) is 7.59. The van der Waals surface area contributed by atoms with Crippen molar-refractivity contribution in [3.05, 3.63) is 23.8 Å². The van der Waals surface area contributed by atoms with E-state index in [1.54, 1.807) is 0 Å². The molecule has 2 rings (SSSR count). The predicted octanol–water partition coefficient (Wildman–Crippen LogP) is 6.50. The summed E-state index contributed by atoms with van der Waals surface area (Å²) in [6.07, 6.45) is 13.4. The van der Waals surface area contributed by atoms with Crippen LogP contribution in [0.4, 0.5) is 0 Å². The number of fused-ring (bicyclic) bond motifs is 1. The van der Waals surface area contributed by atoms with Crippen molar-refractivity contribution < 1.29 is 0 Å². The lowest BCUT2D eigenvalue weighted by atomic mass is 9.47. The maximum Gasteiger partial charge on any atom is 0.184 e. The van der Waals surface area contributed by atoms with Gasteiger partial charge in [-0.25, -0.2) is 0 Å². The van der Waals surface area contributed by atoms with Crippen LogP contribution in [-0.4, -0.2) is 10.8 Å². The van der Waals surface area contributed by atoms with Crippen LogP contribution in [0.3, 0.4) is 0 Å². The molecular weight excluding hydrogens is 362 g/mol. The molecule has 2 fully saturated rings. The molecule has 0 aromatic carbocycles. The van der Waals surface area contributed by atoms with Gasteiger partial charge in [0.2, 0.25) is 0 Å². The largest absolute Gasteiger partial charge is 0.375 e. The van der Waals surface area contributed by atoms with E-state index in [4.69, 9.17) is 18.0 Å². The van der Waals surface area contributed by atoms with E-state index < -0.39 is 0 Å². The maximum absolute atomic E-state index is 5.41. The molecule has 3 nitrogen and oxygen atoms in total. The van der Waals surface area contributed by atoms with Gasteiger partial charge in [0.1, 0.15) is 0 Å². The van der Waals surface area contributed by atoms with Crippen LogP contribution in [0, 0.1) is 22.7 Å². The molecule has 2 aliphatic rings. The SMILES string of the molecule is C=C1CC[C@H]2C(C)(C)CCC[C@@]2(C)[C@H]1CC/C(C)=C\CC/C(C)=N\NC(N)=S. The Kier molecular flexibility index (Phi) is 7.89. The fourth-order valence-corrected chi connectivity index (χ4v) is 6.06. The van der Waals surface area contributed by atoms with Gasteiger partial charge >= 0.3 is 0 Å². The number of rotatable bonds is 7. The Morgan fingerprint density at radius 3 is 2.68 bits per heavy atom. The number of hydrogen-bond acceptors (Lipinski definition) is 2. The summed E-state index contributed by atoms with van der Waals surface area (Å²) in [6.45, 7) is 16.4. The first-order valence-corrected chi connectivity index (χ1v) is 11.4. The van der Waals surface area contributed by atoms with E-state index in [1.165, 1.54) is 56.1 Å². The Labute approximate surface area is 178 Å². The van der Waals surface area contributed by atoms with Crippen molar-refractivity contribution in [2.24, 2.45) is 33.5 Å². The molecule has 158 valence electrons. The zero-order valence-electron chi connectivity index (χ0n) is 18.7. The van der Waals surface area contributed by atoms with E-state index in [-0.39, 0.29) is 5.11 Å². The normalized spacial score (nSPS) is 30.7. The molecular formula is C24H41N3S. The molecule has 0 spiro atoms. The fourth-order valence-electron chi connectivity index (χ4n) is 6.02. The molecule has 2 saturated carbocycles. The monoisotopic (exact) mass is 403 g/mol. The minimum absolute atomic E-state index is 0.219. The molecule has 2 aliphatic carbocycles. The molecule has 0 aromatic heterocycles. The first-order valence-electron chi connectivity index (χ1n) is 11.0. The van der Waals surface area contributed by atoms with E-state index in [0.29, 0.717) is 16.7 Å². The minimum Gasteiger partial charge on any atom is -0.375 e. The van der Waals surface area contributed by atoms with Crippen LogP contribution in [0.2, 0.25) is 0 Å². The van der Waals surface area contributed by atoms with Crippen molar-refractivity contribution in [3.63, 3.8) is 0 Å². The van der Waals surface area contributed by atoms with Gasteiger partial charge in [0.25, 0.3) is 0 Å². The number of thiocarbonyl (C=S) groups is 1. The van der Waals surface area contributed by atoms with Crippen molar-refractivity contribution >= 4 is 23.0 Å². The summed E-state index contributed by atoms with van der Waals surface area (Å²) >= 11 is 4.78. The van der Waals surface area contributed by atoms with Gasteiger partial charge in [0, 0.05) is 5.71 Å². The summed E-state index contributed by atoms with van der Waals surface area (Å²) in [4.78, 5) is 0. The Bertz CT molecular complexity index is 646. The van der Waals surface area contributed by atoms with Crippen LogP contribution in [0.1, 0.15) is 92.4 Å². The lowest BCUT2D eigenvalue weighted by Crippen LogP contribution is -2.49. The van der Waals surface area contributed by atoms with Crippen molar-refractivity contribution in [1.82, 2.24) is 5.43 Å². The third-order valence-electron chi connectivity index (χ3n) is 7.50. The minimum atomic E-state index is 0.219. The molecule has 0 unspecified atom stereocenters. The highest BCUT2D eigenvalue weighted by Crippen LogP contribution is 2.61. The van der Waals surface area contributed by atoms with E-state index in [9.17, 15) is 0 Å². The molecule has 0 aromatic rings. The van der Waals surface area contributed by atoms with E-state index in [1.807, 2.05) is 6.92 Å². The van der Waals surface area contributed by atoms with Gasteiger partial charge in [-0.1, -0.05) is 51.0 Å². The van der Waals surface area contributed by atoms with Crippen molar-refractivity contribution in [2.75, 3.05) is 0 Å². The highest BCUT2D eigenvalue weighted by Gasteiger charge is 2.52. The first-order chi connectivity index (χ1) is 13.1. The molecule has 3 atom stereocenters. The Morgan fingerprint density at radius 1 is 1.29 bits per heavy atom. The highest BCUT2D eigenvalue weighted by atomic mass is 32.1. The number of nitrogens with zero attached hydrogens (tertiary/aromatic N) is 1. The van der Waals surface area contributed by atoms with E-state index >= 15 is 0 Å². The Hall–Kier alpha value is -1.16. The van der Waals surface area contributed by atoms with Gasteiger partial charge in [-0.2, -0.15) is 5.10 Å². The van der Waals surface area contributed by atoms with Gasteiger partial charge in [0.15, 0.2) is 5.11 Å². The molecule has 0 bridgehead atoms. The second-order valence-electron chi connectivity index (χ2n) is 10.1. The van der Waals surface area contributed by atoms with E-state index in [0.717, 1.165) is 24.5 Å². The van der Waals surface area contributed by atoms with Gasteiger partial charge in [-0.3, -0.25) is 5.43 Å². The number of nitrogens with one attached hydrogen (secondary N) is 1. The van der Waals surface area contributed by atoms with Crippen LogP contribution in [-0.2, 0) is 0 Å². The molecule has 0 saturated heterocycles. The van der Waals surface area contributed by atoms with Crippen molar-refractivity contribution in [2.45, 2.75) is 92.4 Å². The van der Waals surface area contributed by atoms with Gasteiger partial charge in [-0.15, -0.1) is 0 Å². The zero-order chi connectivity index (χ0) is 20.9. The number of hydrazone groups is 1. The molecule has 0 aliphatic heterocycles. The summed E-state index contributed by atoms with van der Waals surface area (Å²) in [5, 5.41) is 4.40. The zero-order valence-corrected chi connectivity index (χ0v) is 19.6. The number of hydrogen-bond donors (Lipinski definition) is 2. The van der Waals surface area contributed by atoms with Gasteiger partial charge in [0.05, 0.1) is 0 Å². The quantitative estimate of drug-likeness (QED) is 0.221. The van der Waals surface area contributed by atoms with Crippen LogP contribution < -0.4 is 11.2 Å². The summed E-state index contributed by atoms with van der Waals surface area (Å²) < 4.78 is 0. The summed E-state index contributed by atoms with van der Waals surface area (Å²) in [5.74, 6) is 1.51. The predicted molar refractivity (Wildman–Crippen MR) is 126 cm³/mol. The Balaban J connectivity index is 1.93. The molecule has 28 heavy (non-hydrogen) atoms. The molecule has 0 radical (unpaired) electrons. The van der Waals surface area contributed by atoms with Crippen LogP contribution in [0.25, 0.3) is 0 Å². The highest BCUT2D eigenvalue weighted by molar-refractivity contribution is 7.80. The van der Waals surface area contributed by atoms with Crippen LogP contribution in [0.5, 0.6) is 0 Å². The lowest BCUT2D eigenvalue weighted by Gasteiger charge is -2.58. The van der Waals surface area contributed by atoms with Crippen LogP contribution >= 0.6 is 12.2 Å². The standard InChI is InChI=1S/C24H41N3S/c1-17(9-7-10-19(3)26-27-22(25)28)11-13-20-18(2)12-14-21-23(4,5)15-8-16-24(20,21)6/h9,20-21H,2,7-8,10-16H2,1,3-6H3,(H3,25,27,28)/b17-9-,26-19-/t20-,21-,24-/m0/s1. The lowest BCUT2D eigenvalue weighted by molar-refractivity contribution is -0.0539. The summed E-state index contributed by atoms with van der Waals surface area (Å²) in [6, 6.07) is 0. The second kappa shape index (κ2) is 9.56. The average molecular weight is 404 g/mol. The smallest absolute Gasteiger partial charge is 0.184 e. The van der Waals surface area contributed by atoms with Gasteiger partial charge < -0.3 is 5.73 Å². The van der Waals surface area contributed by atoms with Gasteiger partial charge in [-0.05, 0) is 100 Å². The third kappa shape index (κ3) is 5.68. The maximum atomic E-state index is 5.41. The number of nitrogens with two attached hydrogens (primary N) is 1. The number of allylic oxidation sites excluding steroid dienone is 3.